The van der Waals surface area contributed by atoms with Gasteiger partial charge >= 0.3 is 5.97 Å². The maximum atomic E-state index is 14.6. The molecular weight excluding hydrogens is 725 g/mol. The highest BCUT2D eigenvalue weighted by atomic mass is 16.7. The SMILES string of the molecule is COc1c(CN2O[C@@H](CO)[C@@H]([C@H](C)OC(=O)CC(C)C)[C@H]2C(=O)N[C@H]2C[C@H]3C[C@@H]([C@@H]2C)C3(C)C)cccc1-c1cc(C(=O)N(C)C(=O)CC(C)C)cc(N(C)C)c1. The standard InChI is InChI=1S/C45H66N4O8/c1-25(2)16-38(51)48(11)44(54)31-18-30(19-33(20-31)47(9)10)34-15-13-14-29(42(34)55-12)23-49-41(40(37(24-50)57-49)28(6)56-39(52)17-26(3)4)43(53)46-36-22-32-21-35(27(36)5)45(32,7)8/h13-15,18-20,25-28,32,35-37,40-41,50H,16-17,21-24H2,1-12H3,(H,46,53)/t27-,28-,32+,35-,36-,37-,40+,41-/m0/s1. The molecule has 4 aliphatic rings. The summed E-state index contributed by atoms with van der Waals surface area (Å²) >= 11 is 0. The van der Waals surface area contributed by atoms with Crippen LogP contribution in [0.4, 0.5) is 5.69 Å². The Labute approximate surface area is 339 Å². The molecule has 0 unspecified atom stereocenters. The molecule has 12 nitrogen and oxygen atoms in total. The second-order valence-corrected chi connectivity index (χ2v) is 18.3. The lowest BCUT2D eigenvalue weighted by atomic mass is 9.45. The van der Waals surface area contributed by atoms with Crippen LogP contribution in [-0.4, -0.2) is 97.9 Å². The van der Waals surface area contributed by atoms with Crippen molar-refractivity contribution in [2.75, 3.05) is 39.8 Å². The van der Waals surface area contributed by atoms with Crippen molar-refractivity contribution in [2.24, 2.45) is 40.9 Å². The van der Waals surface area contributed by atoms with E-state index >= 15 is 0 Å². The highest BCUT2D eigenvalue weighted by Gasteiger charge is 2.57. The number of nitrogens with zero attached hydrogens (tertiary/aromatic N) is 3. The van der Waals surface area contributed by atoms with Gasteiger partial charge in [-0.15, -0.1) is 0 Å². The fourth-order valence-electron chi connectivity index (χ4n) is 9.42. The Morgan fingerprint density at radius 1 is 1.00 bits per heavy atom. The van der Waals surface area contributed by atoms with Crippen molar-refractivity contribution in [1.29, 1.82) is 0 Å². The van der Waals surface area contributed by atoms with E-state index < -0.39 is 30.1 Å². The van der Waals surface area contributed by atoms with E-state index in [1.54, 1.807) is 31.2 Å². The fraction of sp³-hybridized carbons (Fsp3) is 0.644. The van der Waals surface area contributed by atoms with E-state index in [1.807, 2.05) is 71.0 Å². The van der Waals surface area contributed by atoms with Gasteiger partial charge in [0, 0.05) is 62.4 Å². The van der Waals surface area contributed by atoms with Gasteiger partial charge in [0.05, 0.1) is 26.2 Å². The molecule has 0 aromatic heterocycles. The van der Waals surface area contributed by atoms with Crippen molar-refractivity contribution in [3.05, 3.63) is 47.5 Å². The Balaban J connectivity index is 1.50. The van der Waals surface area contributed by atoms with E-state index in [-0.39, 0.29) is 73.0 Å². The number of para-hydroxylation sites is 1. The molecule has 314 valence electrons. The van der Waals surface area contributed by atoms with Crippen LogP contribution >= 0.6 is 0 Å². The predicted molar refractivity (Wildman–Crippen MR) is 220 cm³/mol. The first-order valence-corrected chi connectivity index (χ1v) is 20.6. The van der Waals surface area contributed by atoms with Crippen molar-refractivity contribution >= 4 is 29.4 Å². The lowest BCUT2D eigenvalue weighted by Gasteiger charge is -2.62. The molecule has 6 rings (SSSR count). The zero-order chi connectivity index (χ0) is 42.1. The van der Waals surface area contributed by atoms with Gasteiger partial charge in [-0.1, -0.05) is 66.7 Å². The predicted octanol–water partition coefficient (Wildman–Crippen LogP) is 6.33. The summed E-state index contributed by atoms with van der Waals surface area (Å²) in [5, 5.41) is 15.6. The molecule has 2 bridgehead atoms. The minimum absolute atomic E-state index is 0.0118. The molecule has 57 heavy (non-hydrogen) atoms. The summed E-state index contributed by atoms with van der Waals surface area (Å²) in [5.41, 5.74) is 3.48. The number of imide groups is 1. The van der Waals surface area contributed by atoms with Crippen LogP contribution in [0.2, 0.25) is 0 Å². The number of amides is 3. The second-order valence-electron chi connectivity index (χ2n) is 18.3. The van der Waals surface area contributed by atoms with Crippen LogP contribution in [0.15, 0.2) is 36.4 Å². The van der Waals surface area contributed by atoms with Crippen LogP contribution in [0.25, 0.3) is 11.1 Å². The number of methoxy groups -OCH3 is 1. The summed E-state index contributed by atoms with van der Waals surface area (Å²) in [6.07, 6.45) is 1.02. The average molecular weight is 791 g/mol. The number of esters is 1. The number of aliphatic hydroxyl groups is 1. The fourth-order valence-corrected chi connectivity index (χ4v) is 9.42. The zero-order valence-electron chi connectivity index (χ0n) is 36.1. The summed E-state index contributed by atoms with van der Waals surface area (Å²) < 4.78 is 12.0. The van der Waals surface area contributed by atoms with Crippen LogP contribution < -0.4 is 15.0 Å². The first kappa shape index (κ1) is 44.1. The number of hydroxylamine groups is 2. The van der Waals surface area contributed by atoms with Gasteiger partial charge in [0.1, 0.15) is 24.0 Å². The van der Waals surface area contributed by atoms with Crippen LogP contribution in [0.5, 0.6) is 5.75 Å². The third kappa shape index (κ3) is 9.34. The number of hydrogen-bond donors (Lipinski definition) is 2. The van der Waals surface area contributed by atoms with Crippen molar-refractivity contribution < 1.29 is 38.6 Å². The smallest absolute Gasteiger partial charge is 0.306 e. The Bertz CT molecular complexity index is 1790. The molecule has 0 spiro atoms. The highest BCUT2D eigenvalue weighted by Crippen LogP contribution is 2.61. The molecule has 2 aromatic carbocycles. The van der Waals surface area contributed by atoms with Crippen LogP contribution in [0.1, 0.15) is 97.0 Å². The van der Waals surface area contributed by atoms with E-state index in [0.29, 0.717) is 39.8 Å². The van der Waals surface area contributed by atoms with E-state index in [9.17, 15) is 24.3 Å². The summed E-state index contributed by atoms with van der Waals surface area (Å²) in [6, 6.07) is 10.3. The maximum Gasteiger partial charge on any atom is 0.306 e. The van der Waals surface area contributed by atoms with Gasteiger partial charge in [-0.05, 0) is 78.5 Å². The Morgan fingerprint density at radius 3 is 2.26 bits per heavy atom. The van der Waals surface area contributed by atoms with Crippen LogP contribution in [0.3, 0.4) is 0 Å². The second kappa shape index (κ2) is 17.9. The third-order valence-electron chi connectivity index (χ3n) is 12.8. The molecule has 2 N–H and O–H groups in total. The van der Waals surface area contributed by atoms with Gasteiger partial charge in [-0.2, -0.15) is 5.06 Å². The summed E-state index contributed by atoms with van der Waals surface area (Å²) in [4.78, 5) is 63.7. The number of aliphatic hydroxyl groups excluding tert-OH is 1. The quantitative estimate of drug-likeness (QED) is 0.197. The zero-order valence-corrected chi connectivity index (χ0v) is 36.1. The molecular formula is C45H66N4O8. The van der Waals surface area contributed by atoms with Crippen LogP contribution in [-0.2, 0) is 30.5 Å². The minimum Gasteiger partial charge on any atom is -0.496 e. The van der Waals surface area contributed by atoms with Crippen molar-refractivity contribution in [2.45, 2.75) is 112 Å². The maximum absolute atomic E-state index is 14.6. The lowest BCUT2D eigenvalue weighted by molar-refractivity contribution is -0.183. The number of rotatable bonds is 15. The largest absolute Gasteiger partial charge is 0.496 e. The van der Waals surface area contributed by atoms with Gasteiger partial charge in [0.2, 0.25) is 11.8 Å². The van der Waals surface area contributed by atoms with Gasteiger partial charge < -0.3 is 24.8 Å². The van der Waals surface area contributed by atoms with Crippen molar-refractivity contribution in [3.63, 3.8) is 0 Å². The number of carbonyl (C=O) groups excluding carboxylic acids is 4. The first-order chi connectivity index (χ1) is 26.8. The summed E-state index contributed by atoms with van der Waals surface area (Å²) in [6.45, 7) is 16.1. The Hall–Kier alpha value is -4.00. The molecule has 0 radical (unpaired) electrons. The number of fused-ring (bicyclic) bond motifs is 2. The lowest BCUT2D eigenvalue weighted by Crippen LogP contribution is -2.62. The van der Waals surface area contributed by atoms with E-state index in [1.165, 1.54) is 18.4 Å². The molecule has 4 fully saturated rings. The molecule has 2 aromatic rings. The number of benzene rings is 2. The number of nitrogens with one attached hydrogen (secondary N) is 1. The molecule has 12 heteroatoms. The molecule has 1 aliphatic heterocycles. The molecule has 3 amide bonds. The summed E-state index contributed by atoms with van der Waals surface area (Å²) in [5.74, 6) is 0.146. The molecule has 8 atom stereocenters. The van der Waals surface area contributed by atoms with Gasteiger partial charge in [-0.25, -0.2) is 0 Å². The van der Waals surface area contributed by atoms with Crippen LogP contribution in [0, 0.1) is 40.9 Å². The highest BCUT2D eigenvalue weighted by molar-refractivity contribution is 6.05. The monoisotopic (exact) mass is 790 g/mol. The topological polar surface area (TPSA) is 138 Å². The Morgan fingerprint density at radius 2 is 1.68 bits per heavy atom. The number of hydrogen-bond acceptors (Lipinski definition) is 10. The van der Waals surface area contributed by atoms with Crippen molar-refractivity contribution in [3.8, 4) is 16.9 Å². The number of ether oxygens (including phenoxy) is 2. The van der Waals surface area contributed by atoms with E-state index in [0.717, 1.165) is 12.1 Å². The van der Waals surface area contributed by atoms with E-state index in [4.69, 9.17) is 14.3 Å². The minimum atomic E-state index is -0.893. The summed E-state index contributed by atoms with van der Waals surface area (Å²) in [7, 11) is 6.86. The van der Waals surface area contributed by atoms with Crippen molar-refractivity contribution in [1.82, 2.24) is 15.3 Å². The number of carbonyl (C=O) groups is 4. The molecule has 3 aliphatic carbocycles. The number of anilines is 1. The van der Waals surface area contributed by atoms with Gasteiger partial charge in [0.25, 0.3) is 5.91 Å². The van der Waals surface area contributed by atoms with Gasteiger partial charge in [-0.3, -0.25) is 28.9 Å². The first-order valence-electron chi connectivity index (χ1n) is 20.6. The average Bonchev–Trinajstić information content (AvgIpc) is 3.52. The third-order valence-corrected chi connectivity index (χ3v) is 12.8. The van der Waals surface area contributed by atoms with E-state index in [2.05, 4.69) is 26.1 Å². The molecule has 1 saturated heterocycles. The molecule has 3 saturated carbocycles. The Kier molecular flexibility index (Phi) is 13.8. The van der Waals surface area contributed by atoms with Gasteiger partial charge in [0.15, 0.2) is 0 Å². The molecule has 1 heterocycles. The normalized spacial score (nSPS) is 25.8.